The van der Waals surface area contributed by atoms with Crippen molar-refractivity contribution in [1.82, 2.24) is 10.6 Å². The fourth-order valence-electron chi connectivity index (χ4n) is 2.98. The first-order chi connectivity index (χ1) is 12.2. The second kappa shape index (κ2) is 10.4. The molecule has 1 aliphatic rings. The molecule has 0 spiro atoms. The van der Waals surface area contributed by atoms with Crippen molar-refractivity contribution in [2.24, 2.45) is 5.92 Å². The molecule has 4 nitrogen and oxygen atoms in total. The van der Waals surface area contributed by atoms with Crippen molar-refractivity contribution < 1.29 is 9.53 Å². The van der Waals surface area contributed by atoms with E-state index in [-0.39, 0.29) is 18.3 Å². The summed E-state index contributed by atoms with van der Waals surface area (Å²) in [5.41, 5.74) is 1.45. The number of piperidine rings is 1. The minimum absolute atomic E-state index is 0. The normalized spacial score (nSPS) is 16.4. The molecule has 140 valence electrons. The number of para-hydroxylation sites is 1. The van der Waals surface area contributed by atoms with Crippen molar-refractivity contribution in [1.29, 1.82) is 0 Å². The van der Waals surface area contributed by atoms with E-state index >= 15 is 0 Å². The highest BCUT2D eigenvalue weighted by Gasteiger charge is 2.16. The predicted octanol–water partition coefficient (Wildman–Crippen LogP) is 4.07. The lowest BCUT2D eigenvalue weighted by Gasteiger charge is -2.23. The van der Waals surface area contributed by atoms with E-state index in [2.05, 4.69) is 10.6 Å². The standard InChI is InChI=1S/C20H23ClN2O2.ClH/c21-18-9-3-1-7-16(18)14-25-19-10-4-2-8-17(19)20(24)23-13-15-6-5-11-22-12-15;/h1-4,7-10,15,22H,5-6,11-14H2,(H,23,24);1H. The Morgan fingerprint density at radius 3 is 2.73 bits per heavy atom. The number of ether oxygens (including phenoxy) is 1. The largest absolute Gasteiger partial charge is 0.488 e. The predicted molar refractivity (Wildman–Crippen MR) is 107 cm³/mol. The van der Waals surface area contributed by atoms with Crippen LogP contribution in [0.25, 0.3) is 0 Å². The molecule has 0 aliphatic carbocycles. The molecule has 1 saturated heterocycles. The van der Waals surface area contributed by atoms with Crippen LogP contribution in [-0.2, 0) is 6.61 Å². The van der Waals surface area contributed by atoms with Gasteiger partial charge in [-0.15, -0.1) is 12.4 Å². The third-order valence-electron chi connectivity index (χ3n) is 4.42. The first kappa shape index (κ1) is 20.6. The number of nitrogens with one attached hydrogen (secondary N) is 2. The first-order valence-corrected chi connectivity index (χ1v) is 9.06. The smallest absolute Gasteiger partial charge is 0.255 e. The van der Waals surface area contributed by atoms with Gasteiger partial charge in [-0.2, -0.15) is 0 Å². The van der Waals surface area contributed by atoms with Crippen LogP contribution in [0.15, 0.2) is 48.5 Å². The summed E-state index contributed by atoms with van der Waals surface area (Å²) in [7, 11) is 0. The highest BCUT2D eigenvalue weighted by atomic mass is 35.5. The molecule has 0 saturated carbocycles. The van der Waals surface area contributed by atoms with Crippen LogP contribution < -0.4 is 15.4 Å². The van der Waals surface area contributed by atoms with E-state index in [0.717, 1.165) is 31.5 Å². The summed E-state index contributed by atoms with van der Waals surface area (Å²) in [5, 5.41) is 7.06. The van der Waals surface area contributed by atoms with Gasteiger partial charge < -0.3 is 15.4 Å². The molecule has 26 heavy (non-hydrogen) atoms. The van der Waals surface area contributed by atoms with Crippen LogP contribution in [0.3, 0.4) is 0 Å². The maximum Gasteiger partial charge on any atom is 0.255 e. The molecule has 1 aliphatic heterocycles. The number of carbonyl (C=O) groups excluding carboxylic acids is 1. The van der Waals surface area contributed by atoms with Crippen molar-refractivity contribution >= 4 is 29.9 Å². The van der Waals surface area contributed by atoms with Crippen molar-refractivity contribution in [2.75, 3.05) is 19.6 Å². The summed E-state index contributed by atoms with van der Waals surface area (Å²) in [6.45, 7) is 3.05. The summed E-state index contributed by atoms with van der Waals surface area (Å²) < 4.78 is 5.86. The average Bonchev–Trinajstić information content (AvgIpc) is 2.66. The number of rotatable bonds is 6. The van der Waals surface area contributed by atoms with Gasteiger partial charge in [0.2, 0.25) is 0 Å². The van der Waals surface area contributed by atoms with Gasteiger partial charge >= 0.3 is 0 Å². The fourth-order valence-corrected chi connectivity index (χ4v) is 3.17. The highest BCUT2D eigenvalue weighted by Crippen LogP contribution is 2.22. The molecular formula is C20H24Cl2N2O2. The minimum Gasteiger partial charge on any atom is -0.488 e. The summed E-state index contributed by atoms with van der Waals surface area (Å²) in [6.07, 6.45) is 2.32. The molecule has 1 amide bonds. The number of benzene rings is 2. The van der Waals surface area contributed by atoms with Gasteiger partial charge in [-0.05, 0) is 50.0 Å². The molecule has 1 heterocycles. The Kier molecular flexibility index (Phi) is 8.23. The molecule has 0 radical (unpaired) electrons. The van der Waals surface area contributed by atoms with Crippen molar-refractivity contribution in [3.05, 3.63) is 64.7 Å². The molecule has 3 rings (SSSR count). The lowest BCUT2D eigenvalue weighted by molar-refractivity contribution is 0.0940. The lowest BCUT2D eigenvalue weighted by atomic mass is 9.99. The van der Waals surface area contributed by atoms with Gasteiger partial charge in [0, 0.05) is 17.1 Å². The Morgan fingerprint density at radius 2 is 1.96 bits per heavy atom. The monoisotopic (exact) mass is 394 g/mol. The molecule has 1 fully saturated rings. The zero-order chi connectivity index (χ0) is 17.5. The Morgan fingerprint density at radius 1 is 1.19 bits per heavy atom. The van der Waals surface area contributed by atoms with Gasteiger partial charge in [-0.1, -0.05) is 41.9 Å². The molecular weight excluding hydrogens is 371 g/mol. The van der Waals surface area contributed by atoms with Gasteiger partial charge in [-0.25, -0.2) is 0 Å². The maximum atomic E-state index is 12.5. The SMILES string of the molecule is Cl.O=C(NCC1CCCNC1)c1ccccc1OCc1ccccc1Cl. The summed E-state index contributed by atoms with van der Waals surface area (Å²) in [4.78, 5) is 12.5. The number of hydrogen-bond acceptors (Lipinski definition) is 3. The highest BCUT2D eigenvalue weighted by molar-refractivity contribution is 6.31. The lowest BCUT2D eigenvalue weighted by Crippen LogP contribution is -2.38. The zero-order valence-corrected chi connectivity index (χ0v) is 16.1. The second-order valence-electron chi connectivity index (χ2n) is 6.30. The van der Waals surface area contributed by atoms with Gasteiger partial charge in [0.1, 0.15) is 12.4 Å². The Bertz CT molecular complexity index is 718. The zero-order valence-electron chi connectivity index (χ0n) is 14.5. The second-order valence-corrected chi connectivity index (χ2v) is 6.71. The topological polar surface area (TPSA) is 50.4 Å². The molecule has 2 aromatic carbocycles. The van der Waals surface area contributed by atoms with Gasteiger partial charge in [0.15, 0.2) is 0 Å². The Labute approximate surface area is 165 Å². The fraction of sp³-hybridized carbons (Fsp3) is 0.350. The summed E-state index contributed by atoms with van der Waals surface area (Å²) >= 11 is 6.16. The molecule has 1 atom stereocenters. The first-order valence-electron chi connectivity index (χ1n) is 8.68. The van der Waals surface area contributed by atoms with E-state index in [9.17, 15) is 4.79 Å². The van der Waals surface area contributed by atoms with E-state index in [1.54, 1.807) is 6.07 Å². The summed E-state index contributed by atoms with van der Waals surface area (Å²) in [5.74, 6) is 0.968. The number of carbonyl (C=O) groups is 1. The third kappa shape index (κ3) is 5.63. The number of hydrogen-bond donors (Lipinski definition) is 2. The van der Waals surface area contributed by atoms with Crippen LogP contribution >= 0.6 is 24.0 Å². The van der Waals surface area contributed by atoms with E-state index in [1.807, 2.05) is 42.5 Å². The van der Waals surface area contributed by atoms with Gasteiger partial charge in [0.25, 0.3) is 5.91 Å². The molecule has 1 unspecified atom stereocenters. The van der Waals surface area contributed by atoms with E-state index in [1.165, 1.54) is 0 Å². The van der Waals surface area contributed by atoms with Crippen LogP contribution in [0.5, 0.6) is 5.75 Å². The summed E-state index contributed by atoms with van der Waals surface area (Å²) in [6, 6.07) is 14.9. The minimum atomic E-state index is -0.0969. The molecule has 6 heteroatoms. The van der Waals surface area contributed by atoms with Crippen LogP contribution in [0.2, 0.25) is 5.02 Å². The van der Waals surface area contributed by atoms with E-state index < -0.39 is 0 Å². The van der Waals surface area contributed by atoms with Gasteiger partial charge in [-0.3, -0.25) is 4.79 Å². The Balaban J connectivity index is 0.00000243. The average molecular weight is 395 g/mol. The van der Waals surface area contributed by atoms with Crippen LogP contribution in [-0.4, -0.2) is 25.5 Å². The Hall–Kier alpha value is -1.75. The van der Waals surface area contributed by atoms with E-state index in [4.69, 9.17) is 16.3 Å². The van der Waals surface area contributed by atoms with Crippen LogP contribution in [0.1, 0.15) is 28.8 Å². The molecule has 2 N–H and O–H groups in total. The number of halogens is 2. The van der Waals surface area contributed by atoms with Crippen molar-refractivity contribution in [3.8, 4) is 5.75 Å². The van der Waals surface area contributed by atoms with Crippen LogP contribution in [0, 0.1) is 5.92 Å². The molecule has 0 bridgehead atoms. The molecule has 2 aromatic rings. The van der Waals surface area contributed by atoms with Crippen LogP contribution in [0.4, 0.5) is 0 Å². The van der Waals surface area contributed by atoms with Crippen molar-refractivity contribution in [2.45, 2.75) is 19.4 Å². The van der Waals surface area contributed by atoms with Gasteiger partial charge in [0.05, 0.1) is 5.56 Å². The third-order valence-corrected chi connectivity index (χ3v) is 4.79. The quantitative estimate of drug-likeness (QED) is 0.775. The van der Waals surface area contributed by atoms with E-state index in [0.29, 0.717) is 35.4 Å². The molecule has 0 aromatic heterocycles. The number of amides is 1. The van der Waals surface area contributed by atoms with Crippen molar-refractivity contribution in [3.63, 3.8) is 0 Å². The maximum absolute atomic E-state index is 12.5.